The van der Waals surface area contributed by atoms with Crippen molar-refractivity contribution in [3.63, 3.8) is 0 Å². The molecule has 3 aromatic heterocycles. The lowest BCUT2D eigenvalue weighted by Crippen LogP contribution is -2.27. The van der Waals surface area contributed by atoms with Crippen molar-refractivity contribution in [2.45, 2.75) is 80.1 Å². The van der Waals surface area contributed by atoms with Crippen molar-refractivity contribution in [3.8, 4) is 137 Å². The average Bonchev–Trinajstić information content (AvgIpc) is 0.950. The molecule has 0 radical (unpaired) electrons. The summed E-state index contributed by atoms with van der Waals surface area (Å²) < 4.78 is 39.1. The summed E-state index contributed by atoms with van der Waals surface area (Å²) in [6, 6.07) is 61.2. The predicted octanol–water partition coefficient (Wildman–Crippen LogP) is 18.5. The molecule has 11 aromatic rings. The van der Waals surface area contributed by atoms with E-state index in [1.807, 2.05) is 146 Å². The maximum atomic E-state index is 6.52. The van der Waals surface area contributed by atoms with Crippen LogP contribution in [0.3, 0.4) is 0 Å². The van der Waals surface area contributed by atoms with Gasteiger partial charge in [0.15, 0.2) is 0 Å². The summed E-state index contributed by atoms with van der Waals surface area (Å²) in [5, 5.41) is 0. The molecule has 0 spiro atoms. The highest BCUT2D eigenvalue weighted by Crippen LogP contribution is 2.40. The maximum Gasteiger partial charge on any atom is 0.330 e. The highest BCUT2D eigenvalue weighted by Gasteiger charge is 2.22. The first-order chi connectivity index (χ1) is 45.6. The lowest BCUT2D eigenvalue weighted by molar-refractivity contribution is 0.396. The highest BCUT2D eigenvalue weighted by atomic mass is 16.5. The summed E-state index contributed by atoms with van der Waals surface area (Å²) in [4.78, 5) is 49.8. The predicted molar refractivity (Wildman–Crippen MR) is 364 cm³/mol. The molecule has 0 amide bonds. The van der Waals surface area contributed by atoms with Gasteiger partial charge in [-0.25, -0.2) is 0 Å². The summed E-state index contributed by atoms with van der Waals surface area (Å²) in [7, 11) is 0. The number of hydrogen-bond donors (Lipinski definition) is 0. The Morgan fingerprint density at radius 3 is 0.495 bits per heavy atom. The molecular weight excluding hydrogens is 1160 g/mol. The summed E-state index contributed by atoms with van der Waals surface area (Å²) in [5.74, 6) is 4.64. The molecule has 93 heavy (non-hydrogen) atoms. The van der Waals surface area contributed by atoms with E-state index in [-0.39, 0.29) is 36.1 Å². The van der Waals surface area contributed by atoms with Crippen molar-refractivity contribution >= 4 is 17.8 Å². The lowest BCUT2D eigenvalue weighted by Gasteiger charge is -2.22. The third-order valence-corrected chi connectivity index (χ3v) is 15.8. The van der Waals surface area contributed by atoms with E-state index >= 15 is 0 Å². The Morgan fingerprint density at radius 2 is 0.355 bits per heavy atom. The molecular formula is C75H72N12O6. The largest absolute Gasteiger partial charge is 0.424 e. The van der Waals surface area contributed by atoms with E-state index in [1.165, 1.54) is 0 Å². The van der Waals surface area contributed by atoms with Gasteiger partial charge in [-0.2, -0.15) is 29.9 Å². The Bertz CT molecular complexity index is 3640. The topological polar surface area (TPSA) is 181 Å². The van der Waals surface area contributed by atoms with E-state index < -0.39 is 0 Å². The van der Waals surface area contributed by atoms with Gasteiger partial charge in [-0.05, 0) is 214 Å². The molecule has 0 saturated heterocycles. The van der Waals surface area contributed by atoms with Crippen molar-refractivity contribution in [2.24, 2.45) is 0 Å². The maximum absolute atomic E-state index is 6.52. The quantitative estimate of drug-likeness (QED) is 0.0944. The van der Waals surface area contributed by atoms with Crippen molar-refractivity contribution in [3.05, 3.63) is 182 Å². The van der Waals surface area contributed by atoms with E-state index in [4.69, 9.17) is 73.3 Å². The van der Waals surface area contributed by atoms with Gasteiger partial charge in [0.25, 0.3) is 0 Å². The Kier molecular flexibility index (Phi) is 18.3. The van der Waals surface area contributed by atoms with Gasteiger partial charge >= 0.3 is 36.1 Å². The number of benzene rings is 8. The van der Waals surface area contributed by atoms with Crippen LogP contribution >= 0.6 is 0 Å². The van der Waals surface area contributed by atoms with Gasteiger partial charge in [-0.1, -0.05) is 114 Å². The first-order valence-electron chi connectivity index (χ1n) is 32.2. The molecule has 8 aromatic carbocycles. The van der Waals surface area contributed by atoms with Crippen LogP contribution in [0.25, 0.3) is 66.8 Å². The smallest absolute Gasteiger partial charge is 0.330 e. The fraction of sp³-hybridized carbons (Fsp3) is 0.240. The Labute approximate surface area is 541 Å². The normalized spacial score (nSPS) is 11.9. The standard InChI is InChI=1S/C75H72N12O6/c1-7-37-85(38-8-2)67-76-70-82-71(77-67)89-62-27-15-50(16-28-62)56-44-58-48-60(46-56)54-23-35-66(36-24-54)93-75-81-69(87(41-11-5)42-12-6)80-74(84-75)92-65-33-21-53(22-34-65)59-45-55(49-13-25-61(88-70)26-14-49)43-57(47-59)51-17-29-63(30-18-51)90-72-78-68(86(39-9-3)40-10-4)79-73(83-72)91-64-31-19-52(58)20-32-64/h13-36,43-48H,7-12,37-42H2,1-6H3. The SMILES string of the molecule is CCCN(CCC)c1nc2nc(n1)Oc1ccc(cc1)-c1cc3cc(c1)-c1ccc(cc1)Oc1nc(nc(N(CCC)CCC)n1)Oc1ccc(cc1)-c1cc(cc(c1)-c1ccc(cc1)Oc1nc(nc(N(CCC)CCC)n1)Oc1ccc-3cc1)-c1ccc(cc1)O2. The summed E-state index contributed by atoms with van der Waals surface area (Å²) >= 11 is 0. The third-order valence-electron chi connectivity index (χ3n) is 15.8. The second-order valence-electron chi connectivity index (χ2n) is 22.9. The van der Waals surface area contributed by atoms with Crippen LogP contribution in [0, 0.1) is 0 Å². The molecule has 24 heterocycles. The van der Waals surface area contributed by atoms with Crippen molar-refractivity contribution in [2.75, 3.05) is 54.0 Å². The molecule has 21 aliphatic rings. The molecule has 0 aliphatic carbocycles. The number of nitrogens with zero attached hydrogens (tertiary/aromatic N) is 12. The van der Waals surface area contributed by atoms with Gasteiger partial charge in [0.1, 0.15) is 34.5 Å². The lowest BCUT2D eigenvalue weighted by atomic mass is 9.93. The Morgan fingerprint density at radius 1 is 0.204 bits per heavy atom. The van der Waals surface area contributed by atoms with Crippen LogP contribution in [0.5, 0.6) is 70.6 Å². The molecule has 24 bridgehead atoms. The molecule has 32 rings (SSSR count). The Balaban J connectivity index is 0.996. The van der Waals surface area contributed by atoms with Crippen LogP contribution in [0.15, 0.2) is 182 Å². The summed E-state index contributed by atoms with van der Waals surface area (Å²) in [6.07, 6.45) is 5.37. The molecule has 18 heteroatoms. The first kappa shape index (κ1) is 60.9. The Hall–Kier alpha value is -11.0. The van der Waals surface area contributed by atoms with E-state index in [1.54, 1.807) is 0 Å². The highest BCUT2D eigenvalue weighted by molar-refractivity contribution is 5.83. The van der Waals surface area contributed by atoms with Gasteiger partial charge < -0.3 is 43.1 Å². The van der Waals surface area contributed by atoms with Gasteiger partial charge in [-0.15, -0.1) is 15.0 Å². The third kappa shape index (κ3) is 14.5. The van der Waals surface area contributed by atoms with E-state index in [9.17, 15) is 0 Å². The molecule has 0 atom stereocenters. The van der Waals surface area contributed by atoms with Crippen LogP contribution in [0.4, 0.5) is 17.8 Å². The minimum Gasteiger partial charge on any atom is -0.424 e. The van der Waals surface area contributed by atoms with Crippen molar-refractivity contribution in [1.82, 2.24) is 44.9 Å². The molecule has 0 fully saturated rings. The summed E-state index contributed by atoms with van der Waals surface area (Å²) in [5.41, 5.74) is 11.5. The van der Waals surface area contributed by atoms with E-state index in [0.29, 0.717) is 52.3 Å². The van der Waals surface area contributed by atoms with Crippen LogP contribution in [-0.2, 0) is 0 Å². The molecule has 18 nitrogen and oxygen atoms in total. The average molecular weight is 1240 g/mol. The van der Waals surface area contributed by atoms with Gasteiger partial charge in [0.2, 0.25) is 17.8 Å². The van der Waals surface area contributed by atoms with Crippen molar-refractivity contribution < 1.29 is 28.4 Å². The molecule has 0 unspecified atom stereocenters. The molecule has 468 valence electrons. The fourth-order valence-electron chi connectivity index (χ4n) is 11.4. The zero-order valence-electron chi connectivity index (χ0n) is 53.1. The number of aromatic nitrogens is 9. The zero-order chi connectivity index (χ0) is 63.6. The van der Waals surface area contributed by atoms with Crippen LogP contribution in [0.2, 0.25) is 0 Å². The minimum absolute atomic E-state index is 0.110. The molecule has 0 saturated carbocycles. The summed E-state index contributed by atoms with van der Waals surface area (Å²) in [6.45, 7) is 17.3. The first-order valence-corrected chi connectivity index (χ1v) is 32.2. The zero-order valence-corrected chi connectivity index (χ0v) is 53.1. The van der Waals surface area contributed by atoms with Crippen LogP contribution in [0.1, 0.15) is 80.1 Å². The van der Waals surface area contributed by atoms with Crippen LogP contribution in [-0.4, -0.2) is 84.1 Å². The number of rotatable bonds is 15. The van der Waals surface area contributed by atoms with Gasteiger partial charge in [0, 0.05) is 39.3 Å². The monoisotopic (exact) mass is 1240 g/mol. The van der Waals surface area contributed by atoms with Gasteiger partial charge in [0.05, 0.1) is 0 Å². The van der Waals surface area contributed by atoms with E-state index in [0.717, 1.165) is 145 Å². The van der Waals surface area contributed by atoms with Crippen LogP contribution < -0.4 is 43.1 Å². The molecule has 21 aliphatic heterocycles. The second kappa shape index (κ2) is 28.0. The fourth-order valence-corrected chi connectivity index (χ4v) is 11.4. The number of ether oxygens (including phenoxy) is 6. The van der Waals surface area contributed by atoms with E-state index in [2.05, 4.69) is 92.6 Å². The second-order valence-corrected chi connectivity index (χ2v) is 22.9. The van der Waals surface area contributed by atoms with Crippen molar-refractivity contribution in [1.29, 1.82) is 0 Å². The van der Waals surface area contributed by atoms with Gasteiger partial charge in [-0.3, -0.25) is 0 Å². The number of anilines is 3. The minimum atomic E-state index is 0.110. The number of hydrogen-bond acceptors (Lipinski definition) is 18. The molecule has 0 N–H and O–H groups in total.